The Morgan fingerprint density at radius 1 is 1.26 bits per heavy atom. The lowest BCUT2D eigenvalue weighted by Gasteiger charge is -2.32. The maximum absolute atomic E-state index is 12.2. The molecular formula is C19H26N2O2. The van der Waals surface area contributed by atoms with Crippen molar-refractivity contribution in [1.29, 1.82) is 0 Å². The summed E-state index contributed by atoms with van der Waals surface area (Å²) < 4.78 is 5.52. The SMILES string of the molecule is CC(C)(C)OC(=O)C1CCN(Cc2cccc3[nH]ccc23)CC1. The van der Waals surface area contributed by atoms with E-state index < -0.39 is 5.60 Å². The third-order valence-corrected chi connectivity index (χ3v) is 4.41. The highest BCUT2D eigenvalue weighted by molar-refractivity contribution is 5.82. The van der Waals surface area contributed by atoms with Crippen molar-refractivity contribution in [3.8, 4) is 0 Å². The number of hydrogen-bond acceptors (Lipinski definition) is 3. The molecule has 0 aliphatic carbocycles. The van der Waals surface area contributed by atoms with Crippen LogP contribution in [0.15, 0.2) is 30.5 Å². The number of likely N-dealkylation sites (tertiary alicyclic amines) is 1. The first-order chi connectivity index (χ1) is 10.9. The summed E-state index contributed by atoms with van der Waals surface area (Å²) in [6.45, 7) is 8.62. The van der Waals surface area contributed by atoms with E-state index in [-0.39, 0.29) is 11.9 Å². The third kappa shape index (κ3) is 3.94. The highest BCUT2D eigenvalue weighted by atomic mass is 16.6. The quantitative estimate of drug-likeness (QED) is 0.878. The summed E-state index contributed by atoms with van der Waals surface area (Å²) in [6, 6.07) is 8.53. The van der Waals surface area contributed by atoms with Crippen LogP contribution in [0.25, 0.3) is 10.9 Å². The molecule has 3 rings (SSSR count). The number of aromatic amines is 1. The predicted molar refractivity (Wildman–Crippen MR) is 92.1 cm³/mol. The van der Waals surface area contributed by atoms with E-state index in [2.05, 4.69) is 34.1 Å². The second-order valence-electron chi connectivity index (χ2n) is 7.44. The van der Waals surface area contributed by atoms with Crippen LogP contribution in [-0.2, 0) is 16.1 Å². The van der Waals surface area contributed by atoms with Gasteiger partial charge in [0.1, 0.15) is 5.60 Å². The molecule has 2 aromatic rings. The molecule has 1 fully saturated rings. The monoisotopic (exact) mass is 314 g/mol. The lowest BCUT2D eigenvalue weighted by molar-refractivity contribution is -0.161. The Hall–Kier alpha value is -1.81. The normalized spacial score (nSPS) is 17.5. The molecule has 1 N–H and O–H groups in total. The lowest BCUT2D eigenvalue weighted by atomic mass is 9.96. The van der Waals surface area contributed by atoms with Gasteiger partial charge in [0, 0.05) is 23.6 Å². The van der Waals surface area contributed by atoms with Gasteiger partial charge in [0.2, 0.25) is 0 Å². The number of esters is 1. The lowest BCUT2D eigenvalue weighted by Crippen LogP contribution is -2.38. The van der Waals surface area contributed by atoms with Crippen molar-refractivity contribution in [1.82, 2.24) is 9.88 Å². The van der Waals surface area contributed by atoms with Gasteiger partial charge in [-0.1, -0.05) is 12.1 Å². The molecule has 0 radical (unpaired) electrons. The summed E-state index contributed by atoms with van der Waals surface area (Å²) in [6.07, 6.45) is 3.76. The number of nitrogens with one attached hydrogen (secondary N) is 1. The molecule has 2 heterocycles. The van der Waals surface area contributed by atoms with Crippen molar-refractivity contribution in [2.24, 2.45) is 5.92 Å². The zero-order valence-electron chi connectivity index (χ0n) is 14.3. The molecule has 0 amide bonds. The fraction of sp³-hybridized carbons (Fsp3) is 0.526. The average molecular weight is 314 g/mol. The highest BCUT2D eigenvalue weighted by Gasteiger charge is 2.29. The largest absolute Gasteiger partial charge is 0.460 e. The molecule has 0 unspecified atom stereocenters. The molecule has 124 valence electrons. The van der Waals surface area contributed by atoms with Crippen LogP contribution < -0.4 is 0 Å². The Morgan fingerprint density at radius 3 is 2.70 bits per heavy atom. The number of aromatic nitrogens is 1. The number of rotatable bonds is 3. The van der Waals surface area contributed by atoms with E-state index in [0.29, 0.717) is 0 Å². The first-order valence-corrected chi connectivity index (χ1v) is 8.42. The molecule has 4 nitrogen and oxygen atoms in total. The van der Waals surface area contributed by atoms with E-state index in [1.165, 1.54) is 16.5 Å². The van der Waals surface area contributed by atoms with Gasteiger partial charge in [0.05, 0.1) is 5.92 Å². The van der Waals surface area contributed by atoms with Crippen LogP contribution in [0, 0.1) is 5.92 Å². The number of hydrogen-bond donors (Lipinski definition) is 1. The Balaban J connectivity index is 1.57. The summed E-state index contributed by atoms with van der Waals surface area (Å²) in [5.41, 5.74) is 2.14. The molecule has 0 atom stereocenters. The van der Waals surface area contributed by atoms with Crippen LogP contribution in [0.5, 0.6) is 0 Å². The maximum atomic E-state index is 12.2. The Labute approximate surface area is 137 Å². The number of H-pyrrole nitrogens is 1. The number of fused-ring (bicyclic) bond motifs is 1. The van der Waals surface area contributed by atoms with Gasteiger partial charge in [0.25, 0.3) is 0 Å². The van der Waals surface area contributed by atoms with E-state index in [0.717, 1.165) is 32.5 Å². The molecule has 0 spiro atoms. The van der Waals surface area contributed by atoms with Crippen LogP contribution in [0.3, 0.4) is 0 Å². The van der Waals surface area contributed by atoms with Crippen LogP contribution in [0.1, 0.15) is 39.2 Å². The van der Waals surface area contributed by atoms with Gasteiger partial charge >= 0.3 is 5.97 Å². The minimum atomic E-state index is -0.391. The van der Waals surface area contributed by atoms with Crippen molar-refractivity contribution in [3.63, 3.8) is 0 Å². The van der Waals surface area contributed by atoms with Crippen molar-refractivity contribution in [2.45, 2.75) is 45.8 Å². The molecule has 0 saturated carbocycles. The highest BCUT2D eigenvalue weighted by Crippen LogP contribution is 2.24. The Bertz CT molecular complexity index is 676. The van der Waals surface area contributed by atoms with Crippen LogP contribution in [0.2, 0.25) is 0 Å². The molecule has 4 heteroatoms. The van der Waals surface area contributed by atoms with E-state index in [9.17, 15) is 4.79 Å². The molecular weight excluding hydrogens is 288 g/mol. The van der Waals surface area contributed by atoms with Crippen LogP contribution in [-0.4, -0.2) is 34.5 Å². The summed E-state index contributed by atoms with van der Waals surface area (Å²) in [7, 11) is 0. The number of ether oxygens (including phenoxy) is 1. The summed E-state index contributed by atoms with van der Waals surface area (Å²) in [5.74, 6) is 0.0124. The topological polar surface area (TPSA) is 45.3 Å². The summed E-state index contributed by atoms with van der Waals surface area (Å²) >= 11 is 0. The van der Waals surface area contributed by atoms with E-state index in [1.807, 2.05) is 27.0 Å². The van der Waals surface area contributed by atoms with E-state index >= 15 is 0 Å². The van der Waals surface area contributed by atoms with E-state index in [1.54, 1.807) is 0 Å². The van der Waals surface area contributed by atoms with Crippen molar-refractivity contribution in [2.75, 3.05) is 13.1 Å². The number of benzene rings is 1. The second-order valence-corrected chi connectivity index (χ2v) is 7.44. The Kier molecular flexibility index (Phi) is 4.44. The van der Waals surface area contributed by atoms with Gasteiger partial charge in [-0.15, -0.1) is 0 Å². The molecule has 1 aliphatic heterocycles. The van der Waals surface area contributed by atoms with Crippen molar-refractivity contribution in [3.05, 3.63) is 36.0 Å². The van der Waals surface area contributed by atoms with Crippen molar-refractivity contribution >= 4 is 16.9 Å². The first kappa shape index (κ1) is 16.1. The fourth-order valence-electron chi connectivity index (χ4n) is 3.24. The van der Waals surface area contributed by atoms with Crippen molar-refractivity contribution < 1.29 is 9.53 Å². The number of piperidine rings is 1. The standard InChI is InChI=1S/C19H26N2O2/c1-19(2,3)23-18(22)14-8-11-21(12-9-14)13-15-5-4-6-17-16(15)7-10-20-17/h4-7,10,14,20H,8-9,11-13H2,1-3H3. The maximum Gasteiger partial charge on any atom is 0.309 e. The molecule has 1 aromatic heterocycles. The fourth-order valence-corrected chi connectivity index (χ4v) is 3.24. The Morgan fingerprint density at radius 2 is 2.00 bits per heavy atom. The van der Waals surface area contributed by atoms with Crippen LogP contribution in [0.4, 0.5) is 0 Å². The number of nitrogens with zero attached hydrogens (tertiary/aromatic N) is 1. The number of carbonyl (C=O) groups is 1. The molecule has 1 aliphatic rings. The summed E-state index contributed by atoms with van der Waals surface area (Å²) in [5, 5.41) is 1.29. The minimum Gasteiger partial charge on any atom is -0.460 e. The predicted octanol–water partition coefficient (Wildman–Crippen LogP) is 3.72. The summed E-state index contributed by atoms with van der Waals surface area (Å²) in [4.78, 5) is 17.9. The zero-order chi connectivity index (χ0) is 16.4. The smallest absolute Gasteiger partial charge is 0.309 e. The van der Waals surface area contributed by atoms with Gasteiger partial charge < -0.3 is 9.72 Å². The first-order valence-electron chi connectivity index (χ1n) is 8.42. The van der Waals surface area contributed by atoms with Gasteiger partial charge in [-0.05, 0) is 64.4 Å². The van der Waals surface area contributed by atoms with E-state index in [4.69, 9.17) is 4.74 Å². The van der Waals surface area contributed by atoms with Crippen LogP contribution >= 0.6 is 0 Å². The number of carbonyl (C=O) groups excluding carboxylic acids is 1. The molecule has 1 saturated heterocycles. The second kappa shape index (κ2) is 6.36. The van der Waals surface area contributed by atoms with Gasteiger partial charge in [-0.3, -0.25) is 9.69 Å². The van der Waals surface area contributed by atoms with Gasteiger partial charge in [0.15, 0.2) is 0 Å². The molecule has 23 heavy (non-hydrogen) atoms. The molecule has 0 bridgehead atoms. The zero-order valence-corrected chi connectivity index (χ0v) is 14.3. The molecule has 1 aromatic carbocycles. The average Bonchev–Trinajstić information content (AvgIpc) is 2.96. The van der Waals surface area contributed by atoms with Gasteiger partial charge in [-0.2, -0.15) is 0 Å². The third-order valence-electron chi connectivity index (χ3n) is 4.41. The minimum absolute atomic E-state index is 0.0371. The van der Waals surface area contributed by atoms with Gasteiger partial charge in [-0.25, -0.2) is 0 Å².